The maximum absolute atomic E-state index is 15.5. The van der Waals surface area contributed by atoms with E-state index in [1.54, 1.807) is 38.1 Å². The maximum Gasteiger partial charge on any atom is 0.272 e. The zero-order valence-corrected chi connectivity index (χ0v) is 21.8. The van der Waals surface area contributed by atoms with E-state index in [-0.39, 0.29) is 42.6 Å². The SMILES string of the molecule is Cc1cncc(C(=O)NC2(c3cc(F)c(CN4[C@@H](C)CC[C@H](c5ccccc5)S4(=O)=O)cc3F)COC2)n1. The molecule has 1 N–H and O–H groups in total. The molecule has 5 rings (SSSR count). The molecule has 0 aliphatic carbocycles. The van der Waals surface area contributed by atoms with Crippen molar-refractivity contribution in [3.05, 3.63) is 94.6 Å². The van der Waals surface area contributed by atoms with E-state index in [9.17, 15) is 13.2 Å². The van der Waals surface area contributed by atoms with Gasteiger partial charge in [0.15, 0.2) is 0 Å². The molecule has 2 saturated heterocycles. The highest BCUT2D eigenvalue weighted by atomic mass is 32.2. The van der Waals surface area contributed by atoms with E-state index >= 15 is 8.78 Å². The number of hydrogen-bond acceptors (Lipinski definition) is 6. The number of aromatic nitrogens is 2. The fourth-order valence-electron chi connectivity index (χ4n) is 5.05. The predicted molar refractivity (Wildman–Crippen MR) is 135 cm³/mol. The van der Waals surface area contributed by atoms with Gasteiger partial charge in [-0.2, -0.15) is 4.31 Å². The summed E-state index contributed by atoms with van der Waals surface area (Å²) in [4.78, 5) is 20.9. The van der Waals surface area contributed by atoms with Crippen molar-refractivity contribution in [1.82, 2.24) is 19.6 Å². The van der Waals surface area contributed by atoms with Crippen LogP contribution in [0, 0.1) is 18.6 Å². The minimum absolute atomic E-state index is 0.0473. The Bertz CT molecular complexity index is 1470. The molecule has 2 aliphatic rings. The summed E-state index contributed by atoms with van der Waals surface area (Å²) in [6.45, 7) is 3.05. The Balaban J connectivity index is 1.41. The van der Waals surface area contributed by atoms with Crippen molar-refractivity contribution in [3.8, 4) is 0 Å². The summed E-state index contributed by atoms with van der Waals surface area (Å²) < 4.78 is 64.5. The van der Waals surface area contributed by atoms with Crippen LogP contribution in [0.5, 0.6) is 0 Å². The molecule has 0 unspecified atom stereocenters. The Kier molecular flexibility index (Phi) is 7.01. The molecule has 38 heavy (non-hydrogen) atoms. The smallest absolute Gasteiger partial charge is 0.272 e. The molecule has 3 heterocycles. The molecule has 0 saturated carbocycles. The fourth-order valence-corrected chi connectivity index (χ4v) is 7.24. The first-order valence-corrected chi connectivity index (χ1v) is 13.8. The summed E-state index contributed by atoms with van der Waals surface area (Å²) in [6, 6.07) is 10.6. The first-order chi connectivity index (χ1) is 18.1. The second kappa shape index (κ2) is 10.1. The van der Waals surface area contributed by atoms with Gasteiger partial charge in [0.25, 0.3) is 5.91 Å². The highest BCUT2D eigenvalue weighted by Crippen LogP contribution is 2.39. The lowest BCUT2D eigenvalue weighted by molar-refractivity contribution is -0.0751. The van der Waals surface area contributed by atoms with E-state index in [4.69, 9.17) is 4.74 Å². The highest BCUT2D eigenvalue weighted by Gasteiger charge is 2.45. The number of hydrogen-bond donors (Lipinski definition) is 1. The normalized spacial score (nSPS) is 22.4. The lowest BCUT2D eigenvalue weighted by atomic mass is 9.86. The van der Waals surface area contributed by atoms with E-state index in [0.717, 1.165) is 12.1 Å². The summed E-state index contributed by atoms with van der Waals surface area (Å²) in [5.41, 5.74) is -0.181. The molecule has 0 spiro atoms. The highest BCUT2D eigenvalue weighted by molar-refractivity contribution is 7.89. The van der Waals surface area contributed by atoms with Crippen molar-refractivity contribution >= 4 is 15.9 Å². The largest absolute Gasteiger partial charge is 0.376 e. The monoisotopic (exact) mass is 542 g/mol. The molecule has 11 heteroatoms. The van der Waals surface area contributed by atoms with E-state index in [2.05, 4.69) is 15.3 Å². The standard InChI is InChI=1S/C27H28F2N4O4S/c1-17-12-30-13-24(31-17)26(34)32-27(15-37-16-27)21-11-22(28)20(10-23(21)29)14-33-18(2)8-9-25(38(33,35)36)19-6-4-3-5-7-19/h3-7,10-13,18,25H,8-9,14-16H2,1-2H3,(H,32,34)/t18-,25+/m0/s1. The first kappa shape index (κ1) is 26.3. The molecule has 0 radical (unpaired) electrons. The molecule has 2 atom stereocenters. The van der Waals surface area contributed by atoms with Crippen LogP contribution in [0.2, 0.25) is 0 Å². The number of nitrogens with zero attached hydrogens (tertiary/aromatic N) is 3. The van der Waals surface area contributed by atoms with Gasteiger partial charge in [0.2, 0.25) is 10.0 Å². The molecule has 0 bridgehead atoms. The Morgan fingerprint density at radius 1 is 1.13 bits per heavy atom. The number of amides is 1. The molecule has 8 nitrogen and oxygen atoms in total. The number of carbonyl (C=O) groups excluding carboxylic acids is 1. The van der Waals surface area contributed by atoms with Crippen LogP contribution in [0.3, 0.4) is 0 Å². The average molecular weight is 543 g/mol. The van der Waals surface area contributed by atoms with Crippen LogP contribution in [0.1, 0.15) is 57.9 Å². The molecular weight excluding hydrogens is 514 g/mol. The Labute approximate surface area is 220 Å². The van der Waals surface area contributed by atoms with Gasteiger partial charge in [-0.15, -0.1) is 0 Å². The summed E-state index contributed by atoms with van der Waals surface area (Å²) in [7, 11) is -3.82. The van der Waals surface area contributed by atoms with E-state index < -0.39 is 38.4 Å². The second-order valence-corrected chi connectivity index (χ2v) is 12.0. The third-order valence-corrected chi connectivity index (χ3v) is 9.58. The third kappa shape index (κ3) is 4.81. The van der Waals surface area contributed by atoms with Gasteiger partial charge in [-0.25, -0.2) is 22.2 Å². The Hall–Kier alpha value is -3.28. The summed E-state index contributed by atoms with van der Waals surface area (Å²) in [5.74, 6) is -2.11. The zero-order chi connectivity index (χ0) is 27.1. The second-order valence-electron chi connectivity index (χ2n) is 9.91. The van der Waals surface area contributed by atoms with Gasteiger partial charge in [-0.1, -0.05) is 30.3 Å². The van der Waals surface area contributed by atoms with Crippen LogP contribution in [0.15, 0.2) is 54.9 Å². The summed E-state index contributed by atoms with van der Waals surface area (Å²) >= 11 is 0. The van der Waals surface area contributed by atoms with Crippen molar-refractivity contribution in [1.29, 1.82) is 0 Å². The predicted octanol–water partition coefficient (Wildman–Crippen LogP) is 3.77. The van der Waals surface area contributed by atoms with Gasteiger partial charge in [-0.3, -0.25) is 9.78 Å². The molecule has 2 aliphatic heterocycles. The van der Waals surface area contributed by atoms with Gasteiger partial charge in [-0.05, 0) is 44.4 Å². The van der Waals surface area contributed by atoms with Crippen molar-refractivity contribution in [2.45, 2.75) is 50.1 Å². The quantitative estimate of drug-likeness (QED) is 0.509. The van der Waals surface area contributed by atoms with Gasteiger partial charge in [0.1, 0.15) is 28.1 Å². The van der Waals surface area contributed by atoms with Gasteiger partial charge < -0.3 is 10.1 Å². The van der Waals surface area contributed by atoms with Crippen LogP contribution in [0.25, 0.3) is 0 Å². The topological polar surface area (TPSA) is 101 Å². The summed E-state index contributed by atoms with van der Waals surface area (Å²) in [6.07, 6.45) is 3.83. The van der Waals surface area contributed by atoms with E-state index in [1.807, 2.05) is 6.07 Å². The molecule has 200 valence electrons. The van der Waals surface area contributed by atoms with Gasteiger partial charge in [0.05, 0.1) is 25.1 Å². The van der Waals surface area contributed by atoms with Crippen LogP contribution in [-0.4, -0.2) is 47.9 Å². The molecular formula is C27H28F2N4O4S. The Morgan fingerprint density at radius 3 is 2.53 bits per heavy atom. The van der Waals surface area contributed by atoms with Gasteiger partial charge >= 0.3 is 0 Å². The van der Waals surface area contributed by atoms with Crippen LogP contribution in [0.4, 0.5) is 8.78 Å². The molecule has 1 amide bonds. The number of sulfonamides is 1. The van der Waals surface area contributed by atoms with Crippen molar-refractivity contribution in [2.24, 2.45) is 0 Å². The average Bonchev–Trinajstić information content (AvgIpc) is 2.86. The fraction of sp³-hybridized carbons (Fsp3) is 0.370. The third-order valence-electron chi connectivity index (χ3n) is 7.21. The van der Waals surface area contributed by atoms with Crippen LogP contribution >= 0.6 is 0 Å². The maximum atomic E-state index is 15.5. The molecule has 2 aromatic carbocycles. The lowest BCUT2D eigenvalue weighted by Gasteiger charge is -2.42. The van der Waals surface area contributed by atoms with Crippen molar-refractivity contribution in [2.75, 3.05) is 13.2 Å². The minimum atomic E-state index is -3.82. The number of nitrogens with one attached hydrogen (secondary N) is 1. The number of ether oxygens (including phenoxy) is 1. The van der Waals surface area contributed by atoms with Crippen molar-refractivity contribution in [3.63, 3.8) is 0 Å². The lowest BCUT2D eigenvalue weighted by Crippen LogP contribution is -2.60. The Morgan fingerprint density at radius 2 is 1.87 bits per heavy atom. The van der Waals surface area contributed by atoms with Crippen molar-refractivity contribution < 1.29 is 26.7 Å². The zero-order valence-electron chi connectivity index (χ0n) is 21.0. The molecule has 3 aromatic rings. The van der Waals surface area contributed by atoms with Gasteiger partial charge in [0, 0.05) is 29.9 Å². The van der Waals surface area contributed by atoms with E-state index in [1.165, 1.54) is 16.7 Å². The number of aryl methyl sites for hydroxylation is 1. The minimum Gasteiger partial charge on any atom is -0.376 e. The number of halogens is 2. The molecule has 2 fully saturated rings. The molecule has 1 aromatic heterocycles. The number of carbonyl (C=O) groups is 1. The number of rotatable bonds is 6. The summed E-state index contributed by atoms with van der Waals surface area (Å²) in [5, 5.41) is 1.98. The number of benzene rings is 2. The first-order valence-electron chi connectivity index (χ1n) is 12.3. The van der Waals surface area contributed by atoms with Crippen LogP contribution < -0.4 is 5.32 Å². The van der Waals surface area contributed by atoms with Crippen LogP contribution in [-0.2, 0) is 26.8 Å². The van der Waals surface area contributed by atoms with E-state index in [0.29, 0.717) is 24.1 Å².